The molecule has 1 amide bonds. The fourth-order valence-electron chi connectivity index (χ4n) is 3.30. The highest BCUT2D eigenvalue weighted by Gasteiger charge is 2.42. The Morgan fingerprint density at radius 1 is 0.750 bits per heavy atom. The van der Waals surface area contributed by atoms with Crippen LogP contribution in [0.15, 0.2) is 72.8 Å². The molecule has 0 saturated heterocycles. The van der Waals surface area contributed by atoms with Gasteiger partial charge >= 0.3 is 5.97 Å². The van der Waals surface area contributed by atoms with E-state index in [-0.39, 0.29) is 0 Å². The Kier molecular flexibility index (Phi) is 5.22. The summed E-state index contributed by atoms with van der Waals surface area (Å²) in [5.74, 6) is -2.19. The molecule has 2 N–H and O–H groups in total. The summed E-state index contributed by atoms with van der Waals surface area (Å²) in [4.78, 5) is 24.5. The molecule has 6 heteroatoms. The average molecular weight is 381 g/mol. The lowest BCUT2D eigenvalue weighted by molar-refractivity contribution is -0.120. The van der Waals surface area contributed by atoms with Gasteiger partial charge < -0.3 is 10.5 Å². The Hall–Kier alpha value is -3.54. The van der Waals surface area contributed by atoms with Crippen molar-refractivity contribution < 1.29 is 23.1 Å². The molecule has 0 unspecified atom stereocenters. The fourth-order valence-corrected chi connectivity index (χ4v) is 3.30. The van der Waals surface area contributed by atoms with E-state index in [1.54, 1.807) is 12.1 Å². The third-order valence-corrected chi connectivity index (χ3v) is 4.66. The van der Waals surface area contributed by atoms with Gasteiger partial charge in [0.1, 0.15) is 17.0 Å². The molecule has 3 rings (SSSR count). The Morgan fingerprint density at radius 3 is 1.43 bits per heavy atom. The number of amides is 1. The highest BCUT2D eigenvalue weighted by molar-refractivity contribution is 5.95. The van der Waals surface area contributed by atoms with E-state index in [1.165, 1.54) is 67.8 Å². The minimum atomic E-state index is -1.50. The molecule has 142 valence electrons. The van der Waals surface area contributed by atoms with E-state index in [0.29, 0.717) is 22.3 Å². The minimum Gasteiger partial charge on any atom is -0.465 e. The molecular weight excluding hydrogens is 364 g/mol. The van der Waals surface area contributed by atoms with E-state index < -0.39 is 28.9 Å². The summed E-state index contributed by atoms with van der Waals surface area (Å²) in [6, 6.07) is 16.9. The van der Waals surface area contributed by atoms with Gasteiger partial charge in [-0.15, -0.1) is 0 Å². The van der Waals surface area contributed by atoms with E-state index in [2.05, 4.69) is 0 Å². The third-order valence-electron chi connectivity index (χ3n) is 4.66. The van der Waals surface area contributed by atoms with Gasteiger partial charge in [-0.05, 0) is 53.1 Å². The second-order valence-corrected chi connectivity index (χ2v) is 6.20. The van der Waals surface area contributed by atoms with Crippen LogP contribution >= 0.6 is 0 Å². The molecule has 3 aromatic carbocycles. The van der Waals surface area contributed by atoms with Crippen LogP contribution in [0.3, 0.4) is 0 Å². The lowest BCUT2D eigenvalue weighted by Gasteiger charge is -2.32. The maximum Gasteiger partial charge on any atom is 0.337 e. The van der Waals surface area contributed by atoms with Crippen molar-refractivity contribution in [2.45, 2.75) is 5.41 Å². The second kappa shape index (κ2) is 7.60. The first-order valence-electron chi connectivity index (χ1n) is 8.40. The van der Waals surface area contributed by atoms with Gasteiger partial charge in [0.25, 0.3) is 0 Å². The summed E-state index contributed by atoms with van der Waals surface area (Å²) in [6.07, 6.45) is 0. The number of esters is 1. The highest BCUT2D eigenvalue weighted by Crippen LogP contribution is 2.39. The third kappa shape index (κ3) is 3.24. The molecule has 0 bridgehead atoms. The molecule has 0 fully saturated rings. The monoisotopic (exact) mass is 381 g/mol. The maximum atomic E-state index is 13.5. The van der Waals surface area contributed by atoms with Crippen LogP contribution in [-0.4, -0.2) is 19.0 Å². The fraction of sp³-hybridized carbons (Fsp3) is 0.0909. The Balaban J connectivity index is 2.29. The normalized spacial score (nSPS) is 11.1. The van der Waals surface area contributed by atoms with Crippen molar-refractivity contribution in [1.29, 1.82) is 0 Å². The second-order valence-electron chi connectivity index (χ2n) is 6.20. The molecule has 3 aromatic rings. The molecule has 0 atom stereocenters. The zero-order chi connectivity index (χ0) is 20.3. The van der Waals surface area contributed by atoms with Gasteiger partial charge in [-0.1, -0.05) is 36.4 Å². The number of nitrogens with two attached hydrogens (primary N) is 1. The molecular formula is C22H17F2NO3. The van der Waals surface area contributed by atoms with Gasteiger partial charge in [0.05, 0.1) is 12.7 Å². The first-order chi connectivity index (χ1) is 13.4. The van der Waals surface area contributed by atoms with E-state index in [4.69, 9.17) is 10.5 Å². The summed E-state index contributed by atoms with van der Waals surface area (Å²) in [6.45, 7) is 0. The number of hydrogen-bond acceptors (Lipinski definition) is 3. The smallest absolute Gasteiger partial charge is 0.337 e. The zero-order valence-electron chi connectivity index (χ0n) is 15.0. The van der Waals surface area contributed by atoms with Crippen molar-refractivity contribution in [3.05, 3.63) is 107 Å². The average Bonchev–Trinajstić information content (AvgIpc) is 2.71. The van der Waals surface area contributed by atoms with Crippen LogP contribution < -0.4 is 5.73 Å². The Bertz CT molecular complexity index is 952. The van der Waals surface area contributed by atoms with Crippen LogP contribution in [0.2, 0.25) is 0 Å². The Labute approximate surface area is 160 Å². The summed E-state index contributed by atoms with van der Waals surface area (Å²) >= 11 is 0. The zero-order valence-corrected chi connectivity index (χ0v) is 15.0. The van der Waals surface area contributed by atoms with Crippen molar-refractivity contribution in [3.63, 3.8) is 0 Å². The van der Waals surface area contributed by atoms with Crippen LogP contribution in [-0.2, 0) is 14.9 Å². The van der Waals surface area contributed by atoms with E-state index in [9.17, 15) is 18.4 Å². The van der Waals surface area contributed by atoms with Crippen molar-refractivity contribution in [3.8, 4) is 0 Å². The summed E-state index contributed by atoms with van der Waals surface area (Å²) in [5.41, 5.74) is 5.92. The van der Waals surface area contributed by atoms with Crippen molar-refractivity contribution >= 4 is 11.9 Å². The van der Waals surface area contributed by atoms with Crippen LogP contribution in [0.25, 0.3) is 0 Å². The number of halogens is 2. The molecule has 4 nitrogen and oxygen atoms in total. The summed E-state index contributed by atoms with van der Waals surface area (Å²) in [5, 5.41) is 0. The molecule has 0 aliphatic rings. The molecule has 0 spiro atoms. The van der Waals surface area contributed by atoms with E-state index >= 15 is 0 Å². The number of carbonyl (C=O) groups excluding carboxylic acids is 2. The van der Waals surface area contributed by atoms with Crippen LogP contribution in [0.5, 0.6) is 0 Å². The van der Waals surface area contributed by atoms with Gasteiger partial charge in [0.2, 0.25) is 5.91 Å². The first kappa shape index (κ1) is 19.2. The van der Waals surface area contributed by atoms with Crippen LogP contribution in [0, 0.1) is 11.6 Å². The summed E-state index contributed by atoms with van der Waals surface area (Å²) < 4.78 is 31.7. The number of carbonyl (C=O) groups is 2. The largest absolute Gasteiger partial charge is 0.465 e. The minimum absolute atomic E-state index is 0.294. The lowest BCUT2D eigenvalue weighted by Crippen LogP contribution is -2.43. The molecule has 0 saturated carbocycles. The standard InChI is InChI=1S/C22H17F2NO3/c1-28-20(26)14-2-4-15(5-3-14)22(21(25)27,16-6-10-18(23)11-7-16)17-8-12-19(24)13-9-17/h2-13H,1H3,(H2,25,27). The van der Waals surface area contributed by atoms with Gasteiger partial charge in [-0.2, -0.15) is 0 Å². The van der Waals surface area contributed by atoms with Crippen LogP contribution in [0.4, 0.5) is 8.78 Å². The Morgan fingerprint density at radius 2 is 1.11 bits per heavy atom. The van der Waals surface area contributed by atoms with Crippen molar-refractivity contribution in [2.75, 3.05) is 7.11 Å². The van der Waals surface area contributed by atoms with E-state index in [0.717, 1.165) is 0 Å². The number of hydrogen-bond donors (Lipinski definition) is 1. The predicted molar refractivity (Wildman–Crippen MR) is 99.7 cm³/mol. The summed E-state index contributed by atoms with van der Waals surface area (Å²) in [7, 11) is 1.26. The number of rotatable bonds is 5. The molecule has 0 aromatic heterocycles. The number of ether oxygens (including phenoxy) is 1. The highest BCUT2D eigenvalue weighted by atomic mass is 19.1. The molecule has 0 heterocycles. The van der Waals surface area contributed by atoms with Crippen LogP contribution in [0.1, 0.15) is 27.0 Å². The van der Waals surface area contributed by atoms with Gasteiger partial charge in [0.15, 0.2) is 0 Å². The number of benzene rings is 3. The number of methoxy groups -OCH3 is 1. The molecule has 28 heavy (non-hydrogen) atoms. The maximum absolute atomic E-state index is 13.5. The molecule has 0 aliphatic heterocycles. The number of primary amides is 1. The topological polar surface area (TPSA) is 69.4 Å². The molecule has 0 radical (unpaired) electrons. The van der Waals surface area contributed by atoms with Crippen molar-refractivity contribution in [2.24, 2.45) is 5.73 Å². The predicted octanol–water partition coefficient (Wildman–Crippen LogP) is 3.57. The first-order valence-corrected chi connectivity index (χ1v) is 8.40. The lowest BCUT2D eigenvalue weighted by atomic mass is 9.68. The van der Waals surface area contributed by atoms with Gasteiger partial charge in [-0.3, -0.25) is 4.79 Å². The van der Waals surface area contributed by atoms with E-state index in [1.807, 2.05) is 0 Å². The quantitative estimate of drug-likeness (QED) is 0.543. The molecule has 0 aliphatic carbocycles. The van der Waals surface area contributed by atoms with Crippen molar-refractivity contribution in [1.82, 2.24) is 0 Å². The van der Waals surface area contributed by atoms with Gasteiger partial charge in [-0.25, -0.2) is 13.6 Å². The van der Waals surface area contributed by atoms with Gasteiger partial charge in [0, 0.05) is 0 Å². The SMILES string of the molecule is COC(=O)c1ccc(C(C(N)=O)(c2ccc(F)cc2)c2ccc(F)cc2)cc1.